The fourth-order valence-electron chi connectivity index (χ4n) is 3.72. The number of para-hydroxylation sites is 1. The standard InChI is InChI=1S/C25H20BrF2N5O4/c26-18-13-14(9-10-20(18)28)30-24(31-36)23-22(32-37-33-23)16(15-5-1-3-7-19(15)27)11-12-29-25(35)17-6-2-4-8-21(17)34/h1-10,13,16,34,36H,11-12H2,(H,29,35)(H,30,31). The van der Waals surface area contributed by atoms with E-state index in [1.54, 1.807) is 24.3 Å². The summed E-state index contributed by atoms with van der Waals surface area (Å²) in [5.74, 6) is -2.63. The number of anilines is 1. The van der Waals surface area contributed by atoms with Gasteiger partial charge in [0.15, 0.2) is 5.69 Å². The molecule has 0 saturated heterocycles. The van der Waals surface area contributed by atoms with Gasteiger partial charge in [-0.15, -0.1) is 0 Å². The van der Waals surface area contributed by atoms with Gasteiger partial charge in [-0.1, -0.05) is 40.6 Å². The van der Waals surface area contributed by atoms with Crippen molar-refractivity contribution >= 4 is 33.4 Å². The van der Waals surface area contributed by atoms with Crippen molar-refractivity contribution in [2.45, 2.75) is 12.3 Å². The van der Waals surface area contributed by atoms with Crippen molar-refractivity contribution in [1.82, 2.24) is 15.6 Å². The summed E-state index contributed by atoms with van der Waals surface area (Å²) in [4.78, 5) is 12.5. The van der Waals surface area contributed by atoms with E-state index in [-0.39, 0.29) is 51.5 Å². The molecule has 0 aliphatic carbocycles. The molecule has 0 bridgehead atoms. The first kappa shape index (κ1) is 25.8. The Morgan fingerprint density at radius 2 is 1.81 bits per heavy atom. The van der Waals surface area contributed by atoms with Crippen LogP contribution in [0.1, 0.15) is 39.6 Å². The van der Waals surface area contributed by atoms with Gasteiger partial charge >= 0.3 is 0 Å². The molecular weight excluding hydrogens is 552 g/mol. The van der Waals surface area contributed by atoms with Gasteiger partial charge in [0.25, 0.3) is 5.91 Å². The van der Waals surface area contributed by atoms with Crippen LogP contribution < -0.4 is 10.6 Å². The summed E-state index contributed by atoms with van der Waals surface area (Å²) in [7, 11) is 0. The second-order valence-electron chi connectivity index (χ2n) is 7.84. The molecule has 1 heterocycles. The third kappa shape index (κ3) is 5.92. The van der Waals surface area contributed by atoms with E-state index in [0.717, 1.165) is 0 Å². The van der Waals surface area contributed by atoms with Crippen molar-refractivity contribution in [3.05, 3.63) is 105 Å². The Morgan fingerprint density at radius 1 is 1.05 bits per heavy atom. The average Bonchev–Trinajstić information content (AvgIpc) is 3.37. The molecule has 0 saturated carbocycles. The van der Waals surface area contributed by atoms with E-state index in [1.807, 2.05) is 0 Å². The Balaban J connectivity index is 1.61. The molecule has 37 heavy (non-hydrogen) atoms. The highest BCUT2D eigenvalue weighted by Gasteiger charge is 2.28. The lowest BCUT2D eigenvalue weighted by molar-refractivity contribution is 0.0950. The van der Waals surface area contributed by atoms with Crippen LogP contribution in [0.3, 0.4) is 0 Å². The zero-order chi connectivity index (χ0) is 26.4. The Kier molecular flexibility index (Phi) is 8.08. The molecule has 0 spiro atoms. The number of phenolic OH excluding ortho intramolecular Hbond substituents is 1. The fourth-order valence-corrected chi connectivity index (χ4v) is 4.10. The van der Waals surface area contributed by atoms with Crippen molar-refractivity contribution in [2.75, 3.05) is 11.9 Å². The number of hydrogen-bond acceptors (Lipinski definition) is 7. The van der Waals surface area contributed by atoms with Crippen LogP contribution in [0.5, 0.6) is 5.75 Å². The Hall–Kier alpha value is -4.32. The molecule has 12 heteroatoms. The van der Waals surface area contributed by atoms with E-state index in [9.17, 15) is 23.9 Å². The molecule has 4 rings (SSSR count). The van der Waals surface area contributed by atoms with Crippen LogP contribution in [0.15, 0.2) is 81.0 Å². The minimum absolute atomic E-state index is 0.0109. The van der Waals surface area contributed by atoms with Crippen LogP contribution >= 0.6 is 15.9 Å². The van der Waals surface area contributed by atoms with Gasteiger partial charge < -0.3 is 20.9 Å². The first-order valence-electron chi connectivity index (χ1n) is 11.0. The highest BCUT2D eigenvalue weighted by atomic mass is 79.9. The Bertz CT molecular complexity index is 1450. The highest BCUT2D eigenvalue weighted by Crippen LogP contribution is 2.31. The zero-order valence-corrected chi connectivity index (χ0v) is 20.6. The van der Waals surface area contributed by atoms with E-state index in [4.69, 9.17) is 4.63 Å². The van der Waals surface area contributed by atoms with Crippen LogP contribution in [-0.4, -0.2) is 38.9 Å². The predicted molar refractivity (Wildman–Crippen MR) is 134 cm³/mol. The molecule has 1 amide bonds. The number of nitrogens with zero attached hydrogens (tertiary/aromatic N) is 3. The van der Waals surface area contributed by atoms with Crippen LogP contribution in [0.25, 0.3) is 0 Å². The van der Waals surface area contributed by atoms with Crippen molar-refractivity contribution < 1.29 is 28.5 Å². The van der Waals surface area contributed by atoms with Crippen molar-refractivity contribution in [3.8, 4) is 5.75 Å². The summed E-state index contributed by atoms with van der Waals surface area (Å²) < 4.78 is 33.6. The molecule has 190 valence electrons. The van der Waals surface area contributed by atoms with Crippen LogP contribution in [0, 0.1) is 11.6 Å². The van der Waals surface area contributed by atoms with Gasteiger partial charge in [0.05, 0.1) is 10.0 Å². The van der Waals surface area contributed by atoms with Crippen molar-refractivity contribution in [3.63, 3.8) is 0 Å². The first-order valence-corrected chi connectivity index (χ1v) is 11.8. The van der Waals surface area contributed by atoms with Gasteiger partial charge in [0.2, 0.25) is 5.84 Å². The molecule has 4 N–H and O–H groups in total. The van der Waals surface area contributed by atoms with Gasteiger partial charge in [-0.3, -0.25) is 4.79 Å². The molecule has 1 aromatic heterocycles. The number of amides is 1. The lowest BCUT2D eigenvalue weighted by Crippen LogP contribution is -2.27. The molecule has 0 radical (unpaired) electrons. The number of benzene rings is 3. The first-order chi connectivity index (χ1) is 17.9. The summed E-state index contributed by atoms with van der Waals surface area (Å²) in [6.07, 6.45) is 0.155. The van der Waals surface area contributed by atoms with E-state index in [2.05, 4.69) is 42.0 Å². The number of amidine groups is 1. The van der Waals surface area contributed by atoms with Crippen LogP contribution in [0.2, 0.25) is 0 Å². The number of rotatable bonds is 8. The number of hydrogen-bond donors (Lipinski definition) is 4. The largest absolute Gasteiger partial charge is 0.507 e. The number of nitrogens with one attached hydrogen (secondary N) is 2. The van der Waals surface area contributed by atoms with Gasteiger partial charge in [-0.05, 0) is 69.5 Å². The second kappa shape index (κ2) is 11.6. The molecule has 9 nitrogen and oxygen atoms in total. The summed E-state index contributed by atoms with van der Waals surface area (Å²) >= 11 is 3.09. The number of oxime groups is 1. The minimum Gasteiger partial charge on any atom is -0.507 e. The molecule has 1 atom stereocenters. The SMILES string of the molecule is O=C(NCCC(c1ccccc1F)c1nonc1C(=NO)Nc1ccc(F)c(Br)c1)c1ccccc1O. The number of carbonyl (C=O) groups is 1. The Labute approximate surface area is 217 Å². The zero-order valence-electron chi connectivity index (χ0n) is 19.0. The van der Waals surface area contributed by atoms with Gasteiger partial charge in [0, 0.05) is 18.2 Å². The van der Waals surface area contributed by atoms with E-state index in [1.165, 1.54) is 42.5 Å². The molecule has 0 aliphatic heterocycles. The van der Waals surface area contributed by atoms with Gasteiger partial charge in [-0.25, -0.2) is 13.4 Å². The minimum atomic E-state index is -0.773. The predicted octanol–water partition coefficient (Wildman–Crippen LogP) is 5.02. The molecule has 1 unspecified atom stereocenters. The van der Waals surface area contributed by atoms with E-state index in [0.29, 0.717) is 5.69 Å². The fraction of sp³-hybridized carbons (Fsp3) is 0.120. The lowest BCUT2D eigenvalue weighted by Gasteiger charge is -2.17. The lowest BCUT2D eigenvalue weighted by atomic mass is 9.90. The van der Waals surface area contributed by atoms with Crippen LogP contribution in [-0.2, 0) is 0 Å². The number of carbonyl (C=O) groups excluding carboxylic acids is 1. The van der Waals surface area contributed by atoms with Crippen molar-refractivity contribution in [1.29, 1.82) is 0 Å². The molecular formula is C25H20BrF2N5O4. The third-order valence-corrected chi connectivity index (χ3v) is 6.11. The summed E-state index contributed by atoms with van der Waals surface area (Å²) in [6.45, 7) is 0.0718. The maximum atomic E-state index is 14.8. The monoisotopic (exact) mass is 571 g/mol. The third-order valence-electron chi connectivity index (χ3n) is 5.50. The van der Waals surface area contributed by atoms with E-state index >= 15 is 0 Å². The number of aromatic nitrogens is 2. The smallest absolute Gasteiger partial charge is 0.255 e. The van der Waals surface area contributed by atoms with Gasteiger partial charge in [-0.2, -0.15) is 0 Å². The molecule has 3 aromatic carbocycles. The highest BCUT2D eigenvalue weighted by molar-refractivity contribution is 9.10. The molecule has 0 aliphatic rings. The topological polar surface area (TPSA) is 133 Å². The van der Waals surface area contributed by atoms with Gasteiger partial charge in [0.1, 0.15) is 23.1 Å². The molecule has 0 fully saturated rings. The summed E-state index contributed by atoms with van der Waals surface area (Å²) in [5, 5.41) is 36.1. The second-order valence-corrected chi connectivity index (χ2v) is 8.69. The van der Waals surface area contributed by atoms with Crippen molar-refractivity contribution in [2.24, 2.45) is 5.16 Å². The maximum Gasteiger partial charge on any atom is 0.255 e. The summed E-state index contributed by atoms with van der Waals surface area (Å²) in [6, 6.07) is 16.2. The molecule has 4 aromatic rings. The number of halogens is 3. The Morgan fingerprint density at radius 3 is 2.54 bits per heavy atom. The average molecular weight is 572 g/mol. The number of aromatic hydroxyl groups is 1. The van der Waals surface area contributed by atoms with Crippen LogP contribution in [0.4, 0.5) is 14.5 Å². The quantitative estimate of drug-likeness (QED) is 0.101. The summed E-state index contributed by atoms with van der Waals surface area (Å²) in [5.41, 5.74) is 0.843. The number of phenols is 1. The normalized spacial score (nSPS) is 12.2. The van der Waals surface area contributed by atoms with E-state index < -0.39 is 23.5 Å². The maximum absolute atomic E-state index is 14.8.